The number of rotatable bonds is 5. The summed E-state index contributed by atoms with van der Waals surface area (Å²) < 4.78 is 2.27. The van der Waals surface area contributed by atoms with Crippen molar-refractivity contribution in [3.8, 4) is 50.6 Å². The molecule has 0 aliphatic heterocycles. The van der Waals surface area contributed by atoms with Gasteiger partial charge < -0.3 is 0 Å². The van der Waals surface area contributed by atoms with E-state index in [2.05, 4.69) is 199 Å². The third kappa shape index (κ3) is 5.13. The number of pyridine rings is 1. The zero-order valence-corrected chi connectivity index (χ0v) is 29.9. The first-order valence-corrected chi connectivity index (χ1v) is 18.7. The van der Waals surface area contributed by atoms with Gasteiger partial charge in [0.2, 0.25) is 0 Å². The summed E-state index contributed by atoms with van der Waals surface area (Å²) in [5, 5.41) is 8.23. The number of aromatic nitrogens is 3. The average Bonchev–Trinajstić information content (AvgIpc) is 3.65. The molecule has 9 aromatic carbocycles. The molecule has 0 radical (unpaired) electrons. The van der Waals surface area contributed by atoms with Crippen molar-refractivity contribution in [1.82, 2.24) is 14.5 Å². The van der Waals surface area contributed by atoms with Crippen LogP contribution in [0.25, 0.3) is 105 Å². The fourth-order valence-corrected chi connectivity index (χ4v) is 8.43. The standard InChI is InChI=1S/C52H33N3/c1-3-17-36(18-4-1)52-54-49-31-37(29-30-50(49)55(52)38-21-5-2-6-22-38)45-32-47-46(41-27-13-19-34-15-7-9-23-39(34)41)33-48(53-51(47)44-26-12-11-25-42(44)45)43-28-14-20-35-16-8-10-24-40(35)43/h1-33H. The van der Waals surface area contributed by atoms with Gasteiger partial charge in [-0.25, -0.2) is 9.97 Å². The van der Waals surface area contributed by atoms with E-state index in [0.29, 0.717) is 0 Å². The van der Waals surface area contributed by atoms with Gasteiger partial charge in [0.1, 0.15) is 5.82 Å². The van der Waals surface area contributed by atoms with E-state index in [-0.39, 0.29) is 0 Å². The average molecular weight is 700 g/mol. The molecule has 11 aromatic rings. The van der Waals surface area contributed by atoms with Crippen molar-refractivity contribution in [2.45, 2.75) is 0 Å². The number of para-hydroxylation sites is 1. The summed E-state index contributed by atoms with van der Waals surface area (Å²) in [6, 6.07) is 71.5. The van der Waals surface area contributed by atoms with Crippen LogP contribution in [0.4, 0.5) is 0 Å². The van der Waals surface area contributed by atoms with Crippen molar-refractivity contribution in [1.29, 1.82) is 0 Å². The molecule has 0 bridgehead atoms. The molecule has 0 aliphatic carbocycles. The van der Waals surface area contributed by atoms with E-state index in [1.807, 2.05) is 6.07 Å². The smallest absolute Gasteiger partial charge is 0.145 e. The molecule has 0 fully saturated rings. The van der Waals surface area contributed by atoms with Crippen molar-refractivity contribution in [3.05, 3.63) is 200 Å². The van der Waals surface area contributed by atoms with E-state index < -0.39 is 0 Å². The van der Waals surface area contributed by atoms with Crippen molar-refractivity contribution >= 4 is 54.3 Å². The molecule has 3 nitrogen and oxygen atoms in total. The molecule has 3 heteroatoms. The van der Waals surface area contributed by atoms with E-state index in [1.54, 1.807) is 0 Å². The van der Waals surface area contributed by atoms with Gasteiger partial charge in [-0.05, 0) is 85.6 Å². The Bertz CT molecular complexity index is 3240. The first-order valence-electron chi connectivity index (χ1n) is 18.7. The predicted molar refractivity (Wildman–Crippen MR) is 231 cm³/mol. The highest BCUT2D eigenvalue weighted by molar-refractivity contribution is 6.18. The lowest BCUT2D eigenvalue weighted by atomic mass is 9.89. The Labute approximate surface area is 318 Å². The third-order valence-electron chi connectivity index (χ3n) is 11.0. The zero-order chi connectivity index (χ0) is 36.3. The lowest BCUT2D eigenvalue weighted by Crippen LogP contribution is -1.97. The summed E-state index contributed by atoms with van der Waals surface area (Å²) in [6.07, 6.45) is 0. The van der Waals surface area contributed by atoms with Crippen LogP contribution in [0.15, 0.2) is 200 Å². The van der Waals surface area contributed by atoms with Crippen molar-refractivity contribution in [2.24, 2.45) is 0 Å². The minimum Gasteiger partial charge on any atom is -0.292 e. The number of hydrogen-bond donors (Lipinski definition) is 0. The van der Waals surface area contributed by atoms with Crippen LogP contribution in [0.1, 0.15) is 0 Å². The van der Waals surface area contributed by atoms with E-state index >= 15 is 0 Å². The Kier molecular flexibility index (Phi) is 7.17. The van der Waals surface area contributed by atoms with Gasteiger partial charge in [-0.2, -0.15) is 0 Å². The summed E-state index contributed by atoms with van der Waals surface area (Å²) in [5.41, 5.74) is 11.9. The van der Waals surface area contributed by atoms with Crippen LogP contribution in [0.5, 0.6) is 0 Å². The molecule has 0 spiro atoms. The molecule has 0 aliphatic rings. The Balaban J connectivity index is 1.21. The lowest BCUT2D eigenvalue weighted by Gasteiger charge is -2.17. The molecule has 0 N–H and O–H groups in total. The molecular weight excluding hydrogens is 667 g/mol. The molecular formula is C52H33N3. The topological polar surface area (TPSA) is 30.7 Å². The summed E-state index contributed by atoms with van der Waals surface area (Å²) in [5.74, 6) is 0.922. The van der Waals surface area contributed by atoms with Crippen LogP contribution in [-0.4, -0.2) is 14.5 Å². The molecule has 0 unspecified atom stereocenters. The van der Waals surface area contributed by atoms with Crippen LogP contribution < -0.4 is 0 Å². The summed E-state index contributed by atoms with van der Waals surface area (Å²) in [7, 11) is 0. The summed E-state index contributed by atoms with van der Waals surface area (Å²) in [4.78, 5) is 10.8. The molecule has 0 atom stereocenters. The third-order valence-corrected chi connectivity index (χ3v) is 11.0. The van der Waals surface area contributed by atoms with Crippen LogP contribution >= 0.6 is 0 Å². The van der Waals surface area contributed by atoms with Crippen LogP contribution in [0, 0.1) is 0 Å². The van der Waals surface area contributed by atoms with Crippen LogP contribution in [-0.2, 0) is 0 Å². The predicted octanol–water partition coefficient (Wildman–Crippen LogP) is 13.7. The van der Waals surface area contributed by atoms with Gasteiger partial charge in [-0.1, -0.05) is 164 Å². The number of nitrogens with zero attached hydrogens (tertiary/aromatic N) is 3. The Hall–Kier alpha value is -7.36. The minimum absolute atomic E-state index is 0.922. The number of benzene rings is 9. The Morgan fingerprint density at radius 3 is 1.69 bits per heavy atom. The Morgan fingerprint density at radius 2 is 0.945 bits per heavy atom. The molecule has 0 saturated heterocycles. The number of hydrogen-bond acceptors (Lipinski definition) is 2. The number of imidazole rings is 1. The van der Waals surface area contributed by atoms with E-state index in [9.17, 15) is 0 Å². The Morgan fingerprint density at radius 1 is 0.345 bits per heavy atom. The largest absolute Gasteiger partial charge is 0.292 e. The second-order valence-electron chi connectivity index (χ2n) is 14.2. The highest BCUT2D eigenvalue weighted by Gasteiger charge is 2.20. The monoisotopic (exact) mass is 699 g/mol. The quantitative estimate of drug-likeness (QED) is 0.167. The van der Waals surface area contributed by atoms with Crippen molar-refractivity contribution in [3.63, 3.8) is 0 Å². The first-order chi connectivity index (χ1) is 27.3. The van der Waals surface area contributed by atoms with Gasteiger partial charge in [-0.3, -0.25) is 4.57 Å². The highest BCUT2D eigenvalue weighted by atomic mass is 15.1. The molecule has 256 valence electrons. The van der Waals surface area contributed by atoms with Gasteiger partial charge in [-0.15, -0.1) is 0 Å². The number of fused-ring (bicyclic) bond motifs is 6. The molecule has 11 rings (SSSR count). The van der Waals surface area contributed by atoms with Crippen LogP contribution in [0.3, 0.4) is 0 Å². The molecule has 2 heterocycles. The first kappa shape index (κ1) is 31.2. The minimum atomic E-state index is 0.922. The van der Waals surface area contributed by atoms with Crippen molar-refractivity contribution < 1.29 is 0 Å². The normalized spacial score (nSPS) is 11.6. The van der Waals surface area contributed by atoms with E-state index in [0.717, 1.165) is 77.7 Å². The van der Waals surface area contributed by atoms with Gasteiger partial charge in [0.05, 0.1) is 22.2 Å². The van der Waals surface area contributed by atoms with Gasteiger partial charge in [0, 0.05) is 27.6 Å². The highest BCUT2D eigenvalue weighted by Crippen LogP contribution is 2.43. The fraction of sp³-hybridized carbons (Fsp3) is 0. The van der Waals surface area contributed by atoms with E-state index in [4.69, 9.17) is 9.97 Å². The zero-order valence-electron chi connectivity index (χ0n) is 29.9. The molecule has 0 amide bonds. The maximum Gasteiger partial charge on any atom is 0.145 e. The fourth-order valence-electron chi connectivity index (χ4n) is 8.43. The maximum atomic E-state index is 5.54. The second kappa shape index (κ2) is 12.6. The summed E-state index contributed by atoms with van der Waals surface area (Å²) in [6.45, 7) is 0. The molecule has 2 aromatic heterocycles. The SMILES string of the molecule is c1ccc(-c2nc3cc(-c4cc5c(-c6cccc7ccccc67)cc(-c6cccc7ccccc67)nc5c5ccccc45)ccc3n2-c2ccccc2)cc1. The van der Waals surface area contributed by atoms with Crippen molar-refractivity contribution in [2.75, 3.05) is 0 Å². The van der Waals surface area contributed by atoms with Gasteiger partial charge in [0.25, 0.3) is 0 Å². The molecule has 55 heavy (non-hydrogen) atoms. The van der Waals surface area contributed by atoms with Gasteiger partial charge in [0.15, 0.2) is 0 Å². The van der Waals surface area contributed by atoms with E-state index in [1.165, 1.54) is 27.1 Å². The second-order valence-corrected chi connectivity index (χ2v) is 14.2. The van der Waals surface area contributed by atoms with Gasteiger partial charge >= 0.3 is 0 Å². The van der Waals surface area contributed by atoms with Crippen LogP contribution in [0.2, 0.25) is 0 Å². The summed E-state index contributed by atoms with van der Waals surface area (Å²) >= 11 is 0. The molecule has 0 saturated carbocycles. The maximum absolute atomic E-state index is 5.54. The lowest BCUT2D eigenvalue weighted by molar-refractivity contribution is 1.10.